The molecule has 0 aliphatic heterocycles. The van der Waals surface area contributed by atoms with E-state index in [1.165, 1.54) is 12.1 Å². The van der Waals surface area contributed by atoms with Gasteiger partial charge in [0.05, 0.1) is 0 Å². The zero-order chi connectivity index (χ0) is 13.3. The van der Waals surface area contributed by atoms with E-state index in [-0.39, 0.29) is 12.0 Å². The zero-order valence-corrected chi connectivity index (χ0v) is 10.2. The van der Waals surface area contributed by atoms with Crippen LogP contribution in [-0.2, 0) is 15.5 Å². The van der Waals surface area contributed by atoms with Gasteiger partial charge < -0.3 is 4.74 Å². The SMILES string of the molecule is CCc1cccc(S(=O)(=O)Cl)c1OC(F)(F)F. The second kappa shape index (κ2) is 4.73. The van der Waals surface area contributed by atoms with Crippen LogP contribution in [0.25, 0.3) is 0 Å². The molecule has 3 nitrogen and oxygen atoms in total. The highest BCUT2D eigenvalue weighted by molar-refractivity contribution is 8.13. The Hall–Kier alpha value is -0.950. The zero-order valence-electron chi connectivity index (χ0n) is 8.58. The molecule has 1 aromatic rings. The minimum absolute atomic E-state index is 0.115. The highest BCUT2D eigenvalue weighted by Crippen LogP contribution is 2.34. The fraction of sp³-hybridized carbons (Fsp3) is 0.333. The second-order valence-electron chi connectivity index (χ2n) is 3.08. The summed E-state index contributed by atoms with van der Waals surface area (Å²) >= 11 is 0. The number of aryl methyl sites for hydroxylation is 1. The first-order valence-electron chi connectivity index (χ1n) is 4.47. The van der Waals surface area contributed by atoms with E-state index in [1.54, 1.807) is 6.92 Å². The second-order valence-corrected chi connectivity index (χ2v) is 5.62. The Morgan fingerprint density at radius 2 is 1.94 bits per heavy atom. The maximum absolute atomic E-state index is 12.2. The van der Waals surface area contributed by atoms with Crippen molar-refractivity contribution in [2.75, 3.05) is 0 Å². The molecule has 1 rings (SSSR count). The third kappa shape index (κ3) is 3.78. The van der Waals surface area contributed by atoms with E-state index in [1.807, 2.05) is 0 Å². The van der Waals surface area contributed by atoms with Gasteiger partial charge in [0.25, 0.3) is 9.05 Å². The van der Waals surface area contributed by atoms with Gasteiger partial charge in [-0.25, -0.2) is 8.42 Å². The topological polar surface area (TPSA) is 43.4 Å². The quantitative estimate of drug-likeness (QED) is 0.803. The lowest BCUT2D eigenvalue weighted by Gasteiger charge is -2.14. The summed E-state index contributed by atoms with van der Waals surface area (Å²) in [5.41, 5.74) is 0.115. The summed E-state index contributed by atoms with van der Waals surface area (Å²) in [6.07, 6.45) is -4.78. The third-order valence-corrected chi connectivity index (χ3v) is 3.27. The maximum atomic E-state index is 12.2. The van der Waals surface area contributed by atoms with Crippen LogP contribution in [0.3, 0.4) is 0 Å². The summed E-state index contributed by atoms with van der Waals surface area (Å²) in [5.74, 6) is -0.766. The van der Waals surface area contributed by atoms with E-state index in [0.717, 1.165) is 6.07 Å². The summed E-state index contributed by atoms with van der Waals surface area (Å²) in [6, 6.07) is 3.60. The molecule has 0 spiro atoms. The summed E-state index contributed by atoms with van der Waals surface area (Å²) < 4.78 is 62.5. The molecule has 0 saturated carbocycles. The van der Waals surface area contributed by atoms with E-state index in [2.05, 4.69) is 4.74 Å². The fourth-order valence-electron chi connectivity index (χ4n) is 1.26. The lowest BCUT2D eigenvalue weighted by Crippen LogP contribution is -2.19. The van der Waals surface area contributed by atoms with Crippen LogP contribution >= 0.6 is 10.7 Å². The lowest BCUT2D eigenvalue weighted by atomic mass is 10.1. The van der Waals surface area contributed by atoms with Crippen molar-refractivity contribution in [3.63, 3.8) is 0 Å². The first-order chi connectivity index (χ1) is 7.65. The molecule has 0 aromatic heterocycles. The summed E-state index contributed by atoms with van der Waals surface area (Å²) in [6.45, 7) is 1.57. The number of para-hydroxylation sites is 1. The smallest absolute Gasteiger partial charge is 0.404 e. The number of rotatable bonds is 3. The first-order valence-corrected chi connectivity index (χ1v) is 6.78. The van der Waals surface area contributed by atoms with Crippen molar-refractivity contribution >= 4 is 19.7 Å². The Kier molecular flexibility index (Phi) is 3.93. The first kappa shape index (κ1) is 14.1. The van der Waals surface area contributed by atoms with Gasteiger partial charge in [-0.3, -0.25) is 0 Å². The number of benzene rings is 1. The van der Waals surface area contributed by atoms with Gasteiger partial charge in [0.15, 0.2) is 5.75 Å². The Labute approximate surface area is 101 Å². The summed E-state index contributed by atoms with van der Waals surface area (Å²) in [5, 5.41) is 0. The van der Waals surface area contributed by atoms with Crippen LogP contribution < -0.4 is 4.74 Å². The molecule has 0 atom stereocenters. The maximum Gasteiger partial charge on any atom is 0.573 e. The fourth-order valence-corrected chi connectivity index (χ4v) is 2.26. The number of alkyl halides is 3. The molecule has 0 N–H and O–H groups in total. The third-order valence-electron chi connectivity index (χ3n) is 1.92. The minimum Gasteiger partial charge on any atom is -0.404 e. The molecule has 1 aromatic carbocycles. The molecule has 8 heteroatoms. The molecule has 0 amide bonds. The molecule has 0 aliphatic rings. The molecule has 0 bridgehead atoms. The van der Waals surface area contributed by atoms with Gasteiger partial charge >= 0.3 is 6.36 Å². The van der Waals surface area contributed by atoms with E-state index in [4.69, 9.17) is 10.7 Å². The number of halogens is 4. The van der Waals surface area contributed by atoms with E-state index in [0.29, 0.717) is 0 Å². The molecule has 0 aliphatic carbocycles. The molecular weight excluding hydrogens is 281 g/mol. The van der Waals surface area contributed by atoms with Crippen LogP contribution in [0.4, 0.5) is 13.2 Å². The van der Waals surface area contributed by atoms with Crippen LogP contribution in [0.1, 0.15) is 12.5 Å². The van der Waals surface area contributed by atoms with Crippen LogP contribution in [-0.4, -0.2) is 14.8 Å². The van der Waals surface area contributed by atoms with E-state index < -0.39 is 26.1 Å². The highest BCUT2D eigenvalue weighted by atomic mass is 35.7. The van der Waals surface area contributed by atoms with Crippen molar-refractivity contribution in [1.82, 2.24) is 0 Å². The van der Waals surface area contributed by atoms with Crippen LogP contribution in [0.5, 0.6) is 5.75 Å². The summed E-state index contributed by atoms with van der Waals surface area (Å²) in [4.78, 5) is -0.684. The van der Waals surface area contributed by atoms with Crippen molar-refractivity contribution < 1.29 is 26.3 Å². The molecule has 0 saturated heterocycles. The average Bonchev–Trinajstić information content (AvgIpc) is 2.13. The van der Waals surface area contributed by atoms with Crippen molar-refractivity contribution in [2.45, 2.75) is 24.6 Å². The standard InChI is InChI=1S/C9H8ClF3O3S/c1-2-6-4-3-5-7(17(10,14)15)8(6)16-9(11,12)13/h3-5H,2H2,1H3. The Morgan fingerprint density at radius 1 is 1.35 bits per heavy atom. The lowest BCUT2D eigenvalue weighted by molar-refractivity contribution is -0.275. The van der Waals surface area contributed by atoms with Gasteiger partial charge in [-0.15, -0.1) is 13.2 Å². The van der Waals surface area contributed by atoms with Gasteiger partial charge in [0.1, 0.15) is 4.90 Å². The normalized spacial score (nSPS) is 12.5. The van der Waals surface area contributed by atoms with Gasteiger partial charge in [0.2, 0.25) is 0 Å². The molecule has 0 heterocycles. The van der Waals surface area contributed by atoms with E-state index in [9.17, 15) is 21.6 Å². The van der Waals surface area contributed by atoms with Crippen LogP contribution in [0.2, 0.25) is 0 Å². The number of ether oxygens (including phenoxy) is 1. The van der Waals surface area contributed by atoms with Crippen LogP contribution in [0.15, 0.2) is 23.1 Å². The van der Waals surface area contributed by atoms with Gasteiger partial charge in [-0.05, 0) is 18.1 Å². The van der Waals surface area contributed by atoms with E-state index >= 15 is 0 Å². The van der Waals surface area contributed by atoms with Gasteiger partial charge in [0, 0.05) is 10.7 Å². The molecule has 0 fully saturated rings. The van der Waals surface area contributed by atoms with Crippen LogP contribution in [0, 0.1) is 0 Å². The van der Waals surface area contributed by atoms with Crippen molar-refractivity contribution in [3.05, 3.63) is 23.8 Å². The molecule has 0 radical (unpaired) electrons. The highest BCUT2D eigenvalue weighted by Gasteiger charge is 2.34. The predicted octanol–water partition coefficient (Wildman–Crippen LogP) is 3.08. The molecule has 96 valence electrons. The molecule has 17 heavy (non-hydrogen) atoms. The number of hydrogen-bond acceptors (Lipinski definition) is 3. The Bertz CT molecular complexity index is 511. The monoisotopic (exact) mass is 288 g/mol. The molecule has 0 unspecified atom stereocenters. The van der Waals surface area contributed by atoms with Crippen molar-refractivity contribution in [1.29, 1.82) is 0 Å². The summed E-state index contributed by atoms with van der Waals surface area (Å²) in [7, 11) is 0.755. The number of hydrogen-bond donors (Lipinski definition) is 0. The van der Waals surface area contributed by atoms with Gasteiger partial charge in [-0.1, -0.05) is 19.1 Å². The minimum atomic E-state index is -4.97. The Balaban J connectivity index is 3.42. The van der Waals surface area contributed by atoms with Crippen molar-refractivity contribution in [2.24, 2.45) is 0 Å². The predicted molar refractivity (Wildman–Crippen MR) is 55.5 cm³/mol. The average molecular weight is 289 g/mol. The molecular formula is C9H8ClF3O3S. The van der Waals surface area contributed by atoms with Crippen molar-refractivity contribution in [3.8, 4) is 5.75 Å². The van der Waals surface area contributed by atoms with Gasteiger partial charge in [-0.2, -0.15) is 0 Å². The Morgan fingerprint density at radius 3 is 2.35 bits per heavy atom. The largest absolute Gasteiger partial charge is 0.573 e.